The maximum absolute atomic E-state index is 5.64. The minimum Gasteiger partial charge on any atom is -0.469 e. The number of hydrogen-bond acceptors (Lipinski definition) is 3. The lowest BCUT2D eigenvalue weighted by Gasteiger charge is -2.00. The fourth-order valence-electron chi connectivity index (χ4n) is 1.32. The molecule has 0 fully saturated rings. The molecule has 2 aromatic rings. The highest BCUT2D eigenvalue weighted by atomic mass is 35.5. The smallest absolute Gasteiger partial charge is 0.193 e. The van der Waals surface area contributed by atoms with Gasteiger partial charge in [-0.05, 0) is 35.9 Å². The molecule has 0 bridgehead atoms. The van der Waals surface area contributed by atoms with Crippen LogP contribution < -0.4 is 5.32 Å². The van der Waals surface area contributed by atoms with Crippen LogP contribution in [-0.2, 0) is 13.0 Å². The van der Waals surface area contributed by atoms with Gasteiger partial charge in [-0.25, -0.2) is 0 Å². The van der Waals surface area contributed by atoms with Gasteiger partial charge >= 0.3 is 0 Å². The van der Waals surface area contributed by atoms with Crippen molar-refractivity contribution in [3.63, 3.8) is 0 Å². The lowest BCUT2D eigenvalue weighted by Crippen LogP contribution is -2.15. The summed E-state index contributed by atoms with van der Waals surface area (Å²) in [6.07, 6.45) is 2.56. The molecule has 0 spiro atoms. The van der Waals surface area contributed by atoms with Crippen LogP contribution in [0.15, 0.2) is 39.4 Å². The summed E-state index contributed by atoms with van der Waals surface area (Å²) in [5.41, 5.74) is 0. The van der Waals surface area contributed by atoms with Crippen LogP contribution in [0.1, 0.15) is 11.5 Å². The van der Waals surface area contributed by atoms with E-state index in [-0.39, 0.29) is 0 Å². The van der Waals surface area contributed by atoms with Gasteiger partial charge in [0.15, 0.2) is 5.22 Å². The SMILES string of the molecule is Clc1ccc(CNCCc2ccco2)o1. The van der Waals surface area contributed by atoms with Gasteiger partial charge < -0.3 is 14.2 Å². The highest BCUT2D eigenvalue weighted by Crippen LogP contribution is 2.12. The van der Waals surface area contributed by atoms with E-state index in [1.54, 1.807) is 12.3 Å². The molecule has 0 unspecified atom stereocenters. The van der Waals surface area contributed by atoms with Gasteiger partial charge in [-0.3, -0.25) is 0 Å². The average molecular weight is 226 g/mol. The molecule has 80 valence electrons. The Hall–Kier alpha value is -1.19. The quantitative estimate of drug-likeness (QED) is 0.796. The zero-order valence-corrected chi connectivity index (χ0v) is 8.96. The van der Waals surface area contributed by atoms with Crippen LogP contribution in [0.25, 0.3) is 0 Å². The molecule has 0 aliphatic carbocycles. The van der Waals surface area contributed by atoms with Crippen molar-refractivity contribution in [2.75, 3.05) is 6.54 Å². The van der Waals surface area contributed by atoms with E-state index in [1.165, 1.54) is 0 Å². The molecule has 3 nitrogen and oxygen atoms in total. The summed E-state index contributed by atoms with van der Waals surface area (Å²) in [7, 11) is 0. The second kappa shape index (κ2) is 5.05. The molecule has 0 atom stereocenters. The number of nitrogens with one attached hydrogen (secondary N) is 1. The van der Waals surface area contributed by atoms with Gasteiger partial charge in [-0.2, -0.15) is 0 Å². The molecule has 1 N–H and O–H groups in total. The van der Waals surface area contributed by atoms with Gasteiger partial charge in [0.25, 0.3) is 0 Å². The summed E-state index contributed by atoms with van der Waals surface area (Å²) in [4.78, 5) is 0. The topological polar surface area (TPSA) is 38.3 Å². The van der Waals surface area contributed by atoms with Crippen molar-refractivity contribution >= 4 is 11.6 Å². The Balaban J connectivity index is 1.67. The second-order valence-electron chi connectivity index (χ2n) is 3.21. The first-order chi connectivity index (χ1) is 7.34. The van der Waals surface area contributed by atoms with Crippen molar-refractivity contribution in [1.29, 1.82) is 0 Å². The molecular formula is C11H12ClNO2. The molecule has 0 saturated heterocycles. The monoisotopic (exact) mass is 225 g/mol. The fraction of sp³-hybridized carbons (Fsp3) is 0.273. The highest BCUT2D eigenvalue weighted by molar-refractivity contribution is 6.28. The summed E-state index contributed by atoms with van der Waals surface area (Å²) in [5.74, 6) is 1.83. The predicted octanol–water partition coefficient (Wildman–Crippen LogP) is 2.86. The van der Waals surface area contributed by atoms with Crippen molar-refractivity contribution in [2.24, 2.45) is 0 Å². The molecule has 0 aromatic carbocycles. The van der Waals surface area contributed by atoms with E-state index in [2.05, 4.69) is 5.32 Å². The third-order valence-corrected chi connectivity index (χ3v) is 2.26. The van der Waals surface area contributed by atoms with E-state index in [9.17, 15) is 0 Å². The van der Waals surface area contributed by atoms with Gasteiger partial charge in [0.2, 0.25) is 0 Å². The van der Waals surface area contributed by atoms with E-state index in [0.717, 1.165) is 24.5 Å². The highest BCUT2D eigenvalue weighted by Gasteiger charge is 1.99. The van der Waals surface area contributed by atoms with Gasteiger partial charge in [0.1, 0.15) is 11.5 Å². The van der Waals surface area contributed by atoms with Crippen LogP contribution in [0.4, 0.5) is 0 Å². The predicted molar refractivity (Wildman–Crippen MR) is 57.8 cm³/mol. The normalized spacial score (nSPS) is 10.7. The lowest BCUT2D eigenvalue weighted by atomic mass is 10.3. The Bertz CT molecular complexity index is 394. The summed E-state index contributed by atoms with van der Waals surface area (Å²) < 4.78 is 10.4. The maximum atomic E-state index is 5.64. The largest absolute Gasteiger partial charge is 0.469 e. The van der Waals surface area contributed by atoms with Crippen molar-refractivity contribution in [1.82, 2.24) is 5.32 Å². The average Bonchev–Trinajstić information content (AvgIpc) is 2.84. The number of rotatable bonds is 5. The molecule has 2 aromatic heterocycles. The minimum atomic E-state index is 0.429. The molecule has 0 amide bonds. The van der Waals surface area contributed by atoms with Crippen molar-refractivity contribution in [2.45, 2.75) is 13.0 Å². The zero-order valence-electron chi connectivity index (χ0n) is 8.20. The van der Waals surface area contributed by atoms with Crippen LogP contribution in [-0.4, -0.2) is 6.54 Å². The van der Waals surface area contributed by atoms with Gasteiger partial charge in [0, 0.05) is 13.0 Å². The number of furan rings is 2. The standard InChI is InChI=1S/C11H12ClNO2/c12-11-4-3-10(15-11)8-13-6-5-9-2-1-7-14-9/h1-4,7,13H,5-6,8H2. The van der Waals surface area contributed by atoms with Gasteiger partial charge in [0.05, 0.1) is 12.8 Å². The Morgan fingerprint density at radius 1 is 1.20 bits per heavy atom. The molecule has 4 heteroatoms. The van der Waals surface area contributed by atoms with E-state index in [4.69, 9.17) is 20.4 Å². The summed E-state index contributed by atoms with van der Waals surface area (Å²) in [5, 5.41) is 3.67. The third-order valence-electron chi connectivity index (χ3n) is 2.06. The van der Waals surface area contributed by atoms with Crippen LogP contribution in [0.2, 0.25) is 5.22 Å². The van der Waals surface area contributed by atoms with Crippen LogP contribution >= 0.6 is 11.6 Å². The summed E-state index contributed by atoms with van der Waals surface area (Å²) >= 11 is 5.64. The van der Waals surface area contributed by atoms with Gasteiger partial charge in [-0.1, -0.05) is 0 Å². The Morgan fingerprint density at radius 2 is 2.13 bits per heavy atom. The number of hydrogen-bond donors (Lipinski definition) is 1. The molecule has 15 heavy (non-hydrogen) atoms. The molecule has 2 heterocycles. The summed E-state index contributed by atoms with van der Waals surface area (Å²) in [6, 6.07) is 7.46. The zero-order chi connectivity index (χ0) is 10.5. The van der Waals surface area contributed by atoms with E-state index in [0.29, 0.717) is 11.8 Å². The summed E-state index contributed by atoms with van der Waals surface area (Å²) in [6.45, 7) is 1.54. The molecule has 0 radical (unpaired) electrons. The van der Waals surface area contributed by atoms with Crippen LogP contribution in [0.3, 0.4) is 0 Å². The van der Waals surface area contributed by atoms with Crippen LogP contribution in [0.5, 0.6) is 0 Å². The van der Waals surface area contributed by atoms with E-state index in [1.807, 2.05) is 18.2 Å². The third kappa shape index (κ3) is 3.15. The maximum Gasteiger partial charge on any atom is 0.193 e. The molecule has 0 aliphatic heterocycles. The van der Waals surface area contributed by atoms with Gasteiger partial charge in [-0.15, -0.1) is 0 Å². The van der Waals surface area contributed by atoms with E-state index < -0.39 is 0 Å². The molecular weight excluding hydrogens is 214 g/mol. The van der Waals surface area contributed by atoms with Crippen molar-refractivity contribution in [3.8, 4) is 0 Å². The van der Waals surface area contributed by atoms with E-state index >= 15 is 0 Å². The molecule has 0 saturated carbocycles. The minimum absolute atomic E-state index is 0.429. The Morgan fingerprint density at radius 3 is 2.80 bits per heavy atom. The lowest BCUT2D eigenvalue weighted by molar-refractivity contribution is 0.469. The first kappa shape index (κ1) is 10.3. The molecule has 0 aliphatic rings. The Kier molecular flexibility index (Phi) is 3.48. The fourth-order valence-corrected chi connectivity index (χ4v) is 1.49. The second-order valence-corrected chi connectivity index (χ2v) is 3.58. The first-order valence-electron chi connectivity index (χ1n) is 4.82. The van der Waals surface area contributed by atoms with Crippen LogP contribution in [0, 0.1) is 0 Å². The first-order valence-corrected chi connectivity index (χ1v) is 5.20. The number of halogens is 1. The van der Waals surface area contributed by atoms with Crippen molar-refractivity contribution in [3.05, 3.63) is 47.3 Å². The van der Waals surface area contributed by atoms with Crippen molar-refractivity contribution < 1.29 is 8.83 Å². The Labute approximate surface area is 93.0 Å². The molecule has 2 rings (SSSR count).